The molecule has 0 saturated carbocycles. The Bertz CT molecular complexity index is 655. The molecule has 0 aliphatic heterocycles. The summed E-state index contributed by atoms with van der Waals surface area (Å²) in [5, 5.41) is 16.4. The minimum absolute atomic E-state index is 0.0673. The van der Waals surface area contributed by atoms with Gasteiger partial charge in [-0.3, -0.25) is 4.68 Å². The van der Waals surface area contributed by atoms with E-state index < -0.39 is 0 Å². The first kappa shape index (κ1) is 15.1. The van der Waals surface area contributed by atoms with Crippen LogP contribution in [0.15, 0.2) is 24.3 Å². The van der Waals surface area contributed by atoms with Gasteiger partial charge in [0.15, 0.2) is 6.61 Å². The number of rotatable bonds is 6. The molecule has 5 nitrogen and oxygen atoms in total. The van der Waals surface area contributed by atoms with Crippen LogP contribution < -0.4 is 10.1 Å². The van der Waals surface area contributed by atoms with Crippen molar-refractivity contribution < 1.29 is 4.74 Å². The van der Waals surface area contributed by atoms with Crippen LogP contribution in [0.4, 0.5) is 0 Å². The zero-order valence-electron chi connectivity index (χ0n) is 12.7. The fraction of sp³-hybridized carbons (Fsp3) is 0.375. The van der Waals surface area contributed by atoms with Crippen LogP contribution in [0.2, 0.25) is 0 Å². The molecule has 0 unspecified atom stereocenters. The van der Waals surface area contributed by atoms with E-state index in [0.717, 1.165) is 23.6 Å². The van der Waals surface area contributed by atoms with Crippen LogP contribution in [0.1, 0.15) is 22.5 Å². The van der Waals surface area contributed by atoms with E-state index in [2.05, 4.69) is 17.3 Å². The molecule has 0 saturated heterocycles. The third-order valence-corrected chi connectivity index (χ3v) is 3.54. The monoisotopic (exact) mass is 284 g/mol. The second-order valence-electron chi connectivity index (χ2n) is 4.93. The molecule has 0 amide bonds. The summed E-state index contributed by atoms with van der Waals surface area (Å²) in [6.07, 6.45) is 0. The molecule has 1 aromatic carbocycles. The number of aromatic nitrogens is 2. The van der Waals surface area contributed by atoms with Gasteiger partial charge in [0.2, 0.25) is 0 Å². The van der Waals surface area contributed by atoms with Gasteiger partial charge in [0.25, 0.3) is 0 Å². The molecule has 0 spiro atoms. The first-order valence-electron chi connectivity index (χ1n) is 6.91. The Kier molecular flexibility index (Phi) is 4.96. The molecular formula is C16H20N4O. The van der Waals surface area contributed by atoms with E-state index in [1.807, 2.05) is 49.0 Å². The number of nitrogens with zero attached hydrogens (tertiary/aromatic N) is 3. The van der Waals surface area contributed by atoms with Crippen LogP contribution in [0.25, 0.3) is 0 Å². The quantitative estimate of drug-likeness (QED) is 0.883. The van der Waals surface area contributed by atoms with Crippen LogP contribution in [0.5, 0.6) is 5.75 Å². The van der Waals surface area contributed by atoms with Crippen molar-refractivity contribution in [1.82, 2.24) is 15.1 Å². The van der Waals surface area contributed by atoms with Gasteiger partial charge in [-0.05, 0) is 19.9 Å². The molecule has 21 heavy (non-hydrogen) atoms. The van der Waals surface area contributed by atoms with E-state index in [1.165, 1.54) is 11.3 Å². The summed E-state index contributed by atoms with van der Waals surface area (Å²) < 4.78 is 7.32. The van der Waals surface area contributed by atoms with Gasteiger partial charge in [-0.2, -0.15) is 10.4 Å². The highest BCUT2D eigenvalue weighted by Gasteiger charge is 2.09. The molecule has 2 aromatic rings. The molecule has 0 aliphatic rings. The second-order valence-corrected chi connectivity index (χ2v) is 4.93. The largest absolute Gasteiger partial charge is 0.478 e. The van der Waals surface area contributed by atoms with Gasteiger partial charge in [-0.1, -0.05) is 18.2 Å². The SMILES string of the molecule is Cc1nn(C)c(C)c1CNCc1ccccc1OCC#N. The van der Waals surface area contributed by atoms with Crippen molar-refractivity contribution in [1.29, 1.82) is 5.26 Å². The summed E-state index contributed by atoms with van der Waals surface area (Å²) in [7, 11) is 1.96. The summed E-state index contributed by atoms with van der Waals surface area (Å²) in [6.45, 7) is 5.61. The molecule has 0 bridgehead atoms. The van der Waals surface area contributed by atoms with Crippen molar-refractivity contribution in [3.63, 3.8) is 0 Å². The van der Waals surface area contributed by atoms with E-state index >= 15 is 0 Å². The topological polar surface area (TPSA) is 62.9 Å². The summed E-state index contributed by atoms with van der Waals surface area (Å²) >= 11 is 0. The second kappa shape index (κ2) is 6.91. The Balaban J connectivity index is 1.99. The van der Waals surface area contributed by atoms with Gasteiger partial charge in [-0.25, -0.2) is 0 Å². The molecule has 1 aromatic heterocycles. The highest BCUT2D eigenvalue weighted by Crippen LogP contribution is 2.18. The maximum absolute atomic E-state index is 8.61. The van der Waals surface area contributed by atoms with E-state index in [-0.39, 0.29) is 6.61 Å². The Hall–Kier alpha value is -2.32. The zero-order chi connectivity index (χ0) is 15.2. The number of aryl methyl sites for hydroxylation is 2. The molecule has 0 fully saturated rings. The average Bonchev–Trinajstić information content (AvgIpc) is 2.72. The van der Waals surface area contributed by atoms with Crippen molar-refractivity contribution >= 4 is 0 Å². The van der Waals surface area contributed by atoms with E-state index in [0.29, 0.717) is 6.54 Å². The molecular weight excluding hydrogens is 264 g/mol. The van der Waals surface area contributed by atoms with Gasteiger partial charge in [0.05, 0.1) is 5.69 Å². The molecule has 1 heterocycles. The van der Waals surface area contributed by atoms with E-state index in [4.69, 9.17) is 10.00 Å². The van der Waals surface area contributed by atoms with Gasteiger partial charge < -0.3 is 10.1 Å². The van der Waals surface area contributed by atoms with Crippen LogP contribution in [0.3, 0.4) is 0 Å². The number of benzene rings is 1. The highest BCUT2D eigenvalue weighted by molar-refractivity contribution is 5.33. The Morgan fingerprint density at radius 2 is 2.05 bits per heavy atom. The lowest BCUT2D eigenvalue weighted by Gasteiger charge is -2.10. The van der Waals surface area contributed by atoms with Crippen molar-refractivity contribution in [2.45, 2.75) is 26.9 Å². The lowest BCUT2D eigenvalue weighted by Crippen LogP contribution is -2.14. The fourth-order valence-corrected chi connectivity index (χ4v) is 2.30. The minimum atomic E-state index is 0.0673. The molecule has 1 N–H and O–H groups in total. The third kappa shape index (κ3) is 3.61. The molecule has 0 aliphatic carbocycles. The van der Waals surface area contributed by atoms with Crippen LogP contribution in [-0.4, -0.2) is 16.4 Å². The number of ether oxygens (including phenoxy) is 1. The first-order chi connectivity index (χ1) is 10.1. The van der Waals surface area contributed by atoms with Crippen molar-refractivity contribution in [2.24, 2.45) is 7.05 Å². The Morgan fingerprint density at radius 3 is 2.71 bits per heavy atom. The van der Waals surface area contributed by atoms with E-state index in [9.17, 15) is 0 Å². The minimum Gasteiger partial charge on any atom is -0.478 e. The highest BCUT2D eigenvalue weighted by atomic mass is 16.5. The summed E-state index contributed by atoms with van der Waals surface area (Å²) in [6, 6.07) is 9.75. The van der Waals surface area contributed by atoms with Gasteiger partial charge in [0.1, 0.15) is 11.8 Å². The standard InChI is InChI=1S/C16H20N4O/c1-12-15(13(2)20(3)19-12)11-18-10-14-6-4-5-7-16(14)21-9-8-17/h4-7,18H,9-11H2,1-3H3. The van der Waals surface area contributed by atoms with Gasteiger partial charge >= 0.3 is 0 Å². The first-order valence-corrected chi connectivity index (χ1v) is 6.91. The summed E-state index contributed by atoms with van der Waals surface area (Å²) in [4.78, 5) is 0. The number of hydrogen-bond donors (Lipinski definition) is 1. The zero-order valence-corrected chi connectivity index (χ0v) is 12.7. The Labute approximate surface area is 125 Å². The third-order valence-electron chi connectivity index (χ3n) is 3.54. The number of nitrogens with one attached hydrogen (secondary N) is 1. The average molecular weight is 284 g/mol. The molecule has 5 heteroatoms. The van der Waals surface area contributed by atoms with Crippen LogP contribution in [-0.2, 0) is 20.1 Å². The molecule has 110 valence electrons. The van der Waals surface area contributed by atoms with Crippen molar-refractivity contribution in [2.75, 3.05) is 6.61 Å². The van der Waals surface area contributed by atoms with Crippen molar-refractivity contribution in [3.8, 4) is 11.8 Å². The Morgan fingerprint density at radius 1 is 1.29 bits per heavy atom. The van der Waals surface area contributed by atoms with Crippen LogP contribution in [0, 0.1) is 25.2 Å². The summed E-state index contributed by atoms with van der Waals surface area (Å²) in [5.74, 6) is 0.756. The molecule has 2 rings (SSSR count). The maximum Gasteiger partial charge on any atom is 0.174 e. The number of hydrogen-bond acceptors (Lipinski definition) is 4. The molecule has 0 radical (unpaired) electrons. The molecule has 0 atom stereocenters. The van der Waals surface area contributed by atoms with Gasteiger partial charge in [-0.15, -0.1) is 0 Å². The predicted octanol–water partition coefficient (Wildman–Crippen LogP) is 2.23. The predicted molar refractivity (Wildman–Crippen MR) is 80.8 cm³/mol. The van der Waals surface area contributed by atoms with Crippen molar-refractivity contribution in [3.05, 3.63) is 46.8 Å². The lowest BCUT2D eigenvalue weighted by molar-refractivity contribution is 0.362. The number of para-hydroxylation sites is 1. The fourth-order valence-electron chi connectivity index (χ4n) is 2.30. The van der Waals surface area contributed by atoms with Crippen LogP contribution >= 0.6 is 0 Å². The summed E-state index contributed by atoms with van der Waals surface area (Å²) in [5.41, 5.74) is 4.51. The maximum atomic E-state index is 8.61. The normalized spacial score (nSPS) is 10.4. The smallest absolute Gasteiger partial charge is 0.174 e. The van der Waals surface area contributed by atoms with E-state index in [1.54, 1.807) is 0 Å². The van der Waals surface area contributed by atoms with Gasteiger partial charge in [0, 0.05) is 37.0 Å². The lowest BCUT2D eigenvalue weighted by atomic mass is 10.1. The number of nitriles is 1.